The van der Waals surface area contributed by atoms with Crippen LogP contribution in [0.4, 0.5) is 0 Å². The van der Waals surface area contributed by atoms with Crippen LogP contribution >= 0.6 is 0 Å². The molecule has 0 unspecified atom stereocenters. The van der Waals surface area contributed by atoms with E-state index in [1.54, 1.807) is 18.2 Å². The molecule has 0 aromatic heterocycles. The van der Waals surface area contributed by atoms with E-state index in [0.29, 0.717) is 19.0 Å². The van der Waals surface area contributed by atoms with Gasteiger partial charge < -0.3 is 0 Å². The summed E-state index contributed by atoms with van der Waals surface area (Å²) in [6, 6.07) is 10.1. The van der Waals surface area contributed by atoms with Crippen LogP contribution in [-0.2, 0) is 10.0 Å². The minimum atomic E-state index is -3.05. The molecule has 1 aliphatic rings. The monoisotopic (exact) mass is 239 g/mol. The van der Waals surface area contributed by atoms with Crippen molar-refractivity contribution in [1.82, 2.24) is 4.31 Å². The predicted molar refractivity (Wildman–Crippen MR) is 64.8 cm³/mol. The van der Waals surface area contributed by atoms with Gasteiger partial charge in [-0.15, -0.1) is 0 Å². The minimum absolute atomic E-state index is 0.316. The van der Waals surface area contributed by atoms with Gasteiger partial charge in [0.25, 0.3) is 0 Å². The fourth-order valence-electron chi connectivity index (χ4n) is 1.88. The molecule has 0 N–H and O–H groups in total. The maximum absolute atomic E-state index is 11.8. The number of benzene rings is 1. The van der Waals surface area contributed by atoms with Gasteiger partial charge in [0.1, 0.15) is 0 Å². The summed E-state index contributed by atoms with van der Waals surface area (Å²) in [5, 5.41) is -0.316. The number of hydrogen-bond acceptors (Lipinski definition) is 2. The van der Waals surface area contributed by atoms with Crippen molar-refractivity contribution in [2.75, 3.05) is 13.1 Å². The number of sulfonamides is 1. The normalized spacial score (nSPS) is 18.7. The van der Waals surface area contributed by atoms with Gasteiger partial charge in [0.15, 0.2) is 0 Å². The molecule has 88 valence electrons. The largest absolute Gasteiger partial charge is 0.216 e. The van der Waals surface area contributed by atoms with Crippen LogP contribution in [0.5, 0.6) is 0 Å². The van der Waals surface area contributed by atoms with E-state index in [2.05, 4.69) is 12.1 Å². The van der Waals surface area contributed by atoms with Crippen molar-refractivity contribution < 1.29 is 8.42 Å². The van der Waals surface area contributed by atoms with Gasteiger partial charge in [-0.25, -0.2) is 12.7 Å². The van der Waals surface area contributed by atoms with Crippen molar-refractivity contribution >= 4 is 10.0 Å². The lowest BCUT2D eigenvalue weighted by Gasteiger charge is -2.39. The molecular formula is C12H17NO2S. The molecule has 16 heavy (non-hydrogen) atoms. The van der Waals surface area contributed by atoms with Crippen LogP contribution in [0.1, 0.15) is 25.3 Å². The van der Waals surface area contributed by atoms with E-state index in [9.17, 15) is 8.42 Å². The highest BCUT2D eigenvalue weighted by Gasteiger charge is 2.37. The lowest BCUT2D eigenvalue weighted by atomic mass is 9.94. The molecule has 0 saturated carbocycles. The zero-order chi connectivity index (χ0) is 11.8. The molecule has 1 aromatic carbocycles. The van der Waals surface area contributed by atoms with Gasteiger partial charge in [0.2, 0.25) is 10.0 Å². The van der Waals surface area contributed by atoms with Crippen molar-refractivity contribution in [2.24, 2.45) is 0 Å². The molecular weight excluding hydrogens is 222 g/mol. The summed E-state index contributed by atoms with van der Waals surface area (Å²) in [6.07, 6.45) is 0. The molecule has 1 saturated heterocycles. The van der Waals surface area contributed by atoms with Crippen molar-refractivity contribution in [3.8, 4) is 0 Å². The molecule has 0 spiro atoms. The van der Waals surface area contributed by atoms with Gasteiger partial charge >= 0.3 is 0 Å². The first kappa shape index (κ1) is 11.6. The Morgan fingerprint density at radius 1 is 1.19 bits per heavy atom. The number of rotatable bonds is 3. The van der Waals surface area contributed by atoms with Crippen molar-refractivity contribution in [3.63, 3.8) is 0 Å². The highest BCUT2D eigenvalue weighted by atomic mass is 32.2. The summed E-state index contributed by atoms with van der Waals surface area (Å²) in [4.78, 5) is 0. The van der Waals surface area contributed by atoms with Crippen LogP contribution in [0.3, 0.4) is 0 Å². The molecule has 2 rings (SSSR count). The second-order valence-electron chi connectivity index (χ2n) is 4.52. The van der Waals surface area contributed by atoms with E-state index >= 15 is 0 Å². The Bertz CT molecular complexity index is 447. The molecule has 0 amide bonds. The average molecular weight is 239 g/mol. The van der Waals surface area contributed by atoms with E-state index < -0.39 is 10.0 Å². The van der Waals surface area contributed by atoms with Crippen LogP contribution in [0.15, 0.2) is 30.3 Å². The van der Waals surface area contributed by atoms with Gasteiger partial charge in [0, 0.05) is 19.0 Å². The Morgan fingerprint density at radius 3 is 2.25 bits per heavy atom. The van der Waals surface area contributed by atoms with Gasteiger partial charge in [-0.3, -0.25) is 0 Å². The van der Waals surface area contributed by atoms with E-state index in [1.165, 1.54) is 5.56 Å². The predicted octanol–water partition coefficient (Wildman–Crippen LogP) is 1.82. The standard InChI is InChI=1S/C12H17NO2S/c1-10(2)16(14,15)13-8-12(9-13)11-6-4-3-5-7-11/h3-7,10,12H,8-9H2,1-2H3. The van der Waals surface area contributed by atoms with E-state index in [1.807, 2.05) is 18.2 Å². The quantitative estimate of drug-likeness (QED) is 0.807. The summed E-state index contributed by atoms with van der Waals surface area (Å²) in [5.74, 6) is 0.370. The second-order valence-corrected chi connectivity index (χ2v) is 7.01. The third-order valence-electron chi connectivity index (χ3n) is 3.07. The van der Waals surface area contributed by atoms with Gasteiger partial charge in [-0.1, -0.05) is 30.3 Å². The molecule has 1 fully saturated rings. The zero-order valence-corrected chi connectivity index (χ0v) is 10.4. The lowest BCUT2D eigenvalue weighted by Crippen LogP contribution is -2.50. The Morgan fingerprint density at radius 2 is 1.75 bits per heavy atom. The maximum Gasteiger partial charge on any atom is 0.216 e. The van der Waals surface area contributed by atoms with Gasteiger partial charge in [0.05, 0.1) is 5.25 Å². The zero-order valence-electron chi connectivity index (χ0n) is 9.63. The van der Waals surface area contributed by atoms with Gasteiger partial charge in [-0.2, -0.15) is 0 Å². The summed E-state index contributed by atoms with van der Waals surface area (Å²) in [7, 11) is -3.05. The Hall–Kier alpha value is -0.870. The smallest absolute Gasteiger partial charge is 0.212 e. The highest BCUT2D eigenvalue weighted by Crippen LogP contribution is 2.30. The Labute approximate surface area is 97.1 Å². The van der Waals surface area contributed by atoms with Crippen LogP contribution < -0.4 is 0 Å². The SMILES string of the molecule is CC(C)S(=O)(=O)N1CC(c2ccccc2)C1. The van der Waals surface area contributed by atoms with E-state index in [4.69, 9.17) is 0 Å². The van der Waals surface area contributed by atoms with Crippen molar-refractivity contribution in [3.05, 3.63) is 35.9 Å². The lowest BCUT2D eigenvalue weighted by molar-refractivity contribution is 0.262. The van der Waals surface area contributed by atoms with Crippen LogP contribution in [0.25, 0.3) is 0 Å². The number of hydrogen-bond donors (Lipinski definition) is 0. The maximum atomic E-state index is 11.8. The Kier molecular flexibility index (Phi) is 3.04. The molecule has 0 aliphatic carbocycles. The summed E-state index contributed by atoms with van der Waals surface area (Å²) >= 11 is 0. The highest BCUT2D eigenvalue weighted by molar-refractivity contribution is 7.89. The van der Waals surface area contributed by atoms with Gasteiger partial charge in [-0.05, 0) is 19.4 Å². The molecule has 0 radical (unpaired) electrons. The van der Waals surface area contributed by atoms with Crippen LogP contribution in [0.2, 0.25) is 0 Å². The van der Waals surface area contributed by atoms with Crippen molar-refractivity contribution in [1.29, 1.82) is 0 Å². The molecule has 0 bridgehead atoms. The summed E-state index contributed by atoms with van der Waals surface area (Å²) in [5.41, 5.74) is 1.23. The van der Waals surface area contributed by atoms with Crippen molar-refractivity contribution in [2.45, 2.75) is 25.0 Å². The first-order chi connectivity index (χ1) is 7.51. The van der Waals surface area contributed by atoms with E-state index in [0.717, 1.165) is 0 Å². The summed E-state index contributed by atoms with van der Waals surface area (Å²) < 4.78 is 25.2. The molecule has 1 heterocycles. The molecule has 1 aromatic rings. The molecule has 1 aliphatic heterocycles. The summed E-state index contributed by atoms with van der Waals surface area (Å²) in [6.45, 7) is 4.71. The number of nitrogens with zero attached hydrogens (tertiary/aromatic N) is 1. The topological polar surface area (TPSA) is 37.4 Å². The molecule has 3 nitrogen and oxygen atoms in total. The van der Waals surface area contributed by atoms with E-state index in [-0.39, 0.29) is 5.25 Å². The second kappa shape index (κ2) is 4.18. The third-order valence-corrected chi connectivity index (χ3v) is 5.28. The Balaban J connectivity index is 2.02. The fraction of sp³-hybridized carbons (Fsp3) is 0.500. The first-order valence-electron chi connectivity index (χ1n) is 5.55. The minimum Gasteiger partial charge on any atom is -0.212 e. The van der Waals surface area contributed by atoms with Crippen LogP contribution in [-0.4, -0.2) is 31.1 Å². The average Bonchev–Trinajstić information content (AvgIpc) is 2.16. The fourth-order valence-corrected chi connectivity index (χ4v) is 3.25. The van der Waals surface area contributed by atoms with Crippen LogP contribution in [0, 0.1) is 0 Å². The molecule has 4 heteroatoms. The third kappa shape index (κ3) is 1.99. The first-order valence-corrected chi connectivity index (χ1v) is 7.06. The molecule has 0 atom stereocenters.